The van der Waals surface area contributed by atoms with Crippen molar-refractivity contribution in [2.75, 3.05) is 26.2 Å². The lowest BCUT2D eigenvalue weighted by Crippen LogP contribution is -2.49. The van der Waals surface area contributed by atoms with Crippen LogP contribution in [-0.4, -0.2) is 54.0 Å². The minimum absolute atomic E-state index is 1.19. The lowest BCUT2D eigenvalue weighted by molar-refractivity contribution is 0.271. The molecule has 1 saturated heterocycles. The Morgan fingerprint density at radius 2 is 1.14 bits per heavy atom. The summed E-state index contributed by atoms with van der Waals surface area (Å²) in [6.45, 7) is 4.75. The van der Waals surface area contributed by atoms with E-state index >= 15 is 0 Å². The van der Waals surface area contributed by atoms with E-state index in [1.165, 1.54) is 34.8 Å². The van der Waals surface area contributed by atoms with Gasteiger partial charge in [-0.25, -0.2) is 0 Å². The zero-order valence-electron chi connectivity index (χ0n) is 7.51. The number of thioether (sulfide) groups is 2. The Labute approximate surface area is 99.1 Å². The normalized spacial score (nSPS) is 27.7. The molecule has 0 aromatic rings. The first-order chi connectivity index (χ1) is 6.93. The van der Waals surface area contributed by atoms with Crippen LogP contribution in [0.4, 0.5) is 0 Å². The molecule has 0 spiro atoms. The van der Waals surface area contributed by atoms with Crippen molar-refractivity contribution in [1.29, 1.82) is 0 Å². The molecule has 3 aliphatic heterocycles. The number of rotatable bonds is 0. The summed E-state index contributed by atoms with van der Waals surface area (Å²) in [5.41, 5.74) is 0. The fourth-order valence-corrected chi connectivity index (χ4v) is 4.34. The molecular weight excluding hydrogens is 252 g/mol. The van der Waals surface area contributed by atoms with Crippen LogP contribution in [0.25, 0.3) is 0 Å². The van der Waals surface area contributed by atoms with Gasteiger partial charge in [-0.15, -0.1) is 21.9 Å². The van der Waals surface area contributed by atoms with Crippen LogP contribution in [0.3, 0.4) is 0 Å². The highest BCUT2D eigenvalue weighted by Gasteiger charge is 2.24. The summed E-state index contributed by atoms with van der Waals surface area (Å²) in [7, 11) is 3.76. The second-order valence-corrected chi connectivity index (χ2v) is 7.72. The van der Waals surface area contributed by atoms with Gasteiger partial charge in [0.2, 0.25) is 0 Å². The molecule has 1 fully saturated rings. The van der Waals surface area contributed by atoms with E-state index in [1.807, 2.05) is 45.4 Å². The Morgan fingerprint density at radius 1 is 0.786 bits per heavy atom. The highest BCUT2D eigenvalue weighted by molar-refractivity contribution is 8.48. The minimum Gasteiger partial charge on any atom is -0.258 e. The van der Waals surface area contributed by atoms with E-state index in [2.05, 4.69) is 19.2 Å². The highest BCUT2D eigenvalue weighted by atomic mass is 32.2. The molecule has 3 rings (SSSR count). The third-order valence-corrected chi connectivity index (χ3v) is 6.93. The maximum absolute atomic E-state index is 2.50. The van der Waals surface area contributed by atoms with Gasteiger partial charge in [-0.2, -0.15) is 0 Å². The summed E-state index contributed by atoms with van der Waals surface area (Å²) in [5.74, 6) is 0. The van der Waals surface area contributed by atoms with E-state index < -0.39 is 0 Å². The average Bonchev–Trinajstić information content (AvgIpc) is 2.02. The second-order valence-electron chi connectivity index (χ2n) is 3.17. The maximum atomic E-state index is 2.50. The minimum atomic E-state index is 1.19. The van der Waals surface area contributed by atoms with Gasteiger partial charge in [0.1, 0.15) is 8.64 Å². The fraction of sp³-hybridized carbons (Fsp3) is 0.500. The van der Waals surface area contributed by atoms with E-state index in [1.54, 1.807) is 0 Å². The van der Waals surface area contributed by atoms with Gasteiger partial charge in [0.25, 0.3) is 0 Å². The van der Waals surface area contributed by atoms with Gasteiger partial charge in [-0.05, 0) is 0 Å². The summed E-state index contributed by atoms with van der Waals surface area (Å²) < 4.78 is 7.39. The van der Waals surface area contributed by atoms with Crippen molar-refractivity contribution in [1.82, 2.24) is 9.80 Å². The van der Waals surface area contributed by atoms with Crippen LogP contribution in [0, 0.1) is 0 Å². The molecular formula is C8H10N2S4. The first-order valence-electron chi connectivity index (χ1n) is 4.47. The van der Waals surface area contributed by atoms with Gasteiger partial charge >= 0.3 is 0 Å². The van der Waals surface area contributed by atoms with Crippen molar-refractivity contribution in [3.05, 3.63) is 0 Å². The van der Waals surface area contributed by atoms with Crippen molar-refractivity contribution in [3.8, 4) is 0 Å². The smallest absolute Gasteiger partial charge is 0.111 e. The molecule has 3 heterocycles. The topological polar surface area (TPSA) is 6.48 Å². The highest BCUT2D eigenvalue weighted by Crippen LogP contribution is 2.21. The van der Waals surface area contributed by atoms with Gasteiger partial charge < -0.3 is 0 Å². The molecule has 0 atom stereocenters. The molecule has 3 aliphatic rings. The Balaban J connectivity index is 1.62. The molecule has 0 radical (unpaired) electrons. The predicted molar refractivity (Wildman–Crippen MR) is 75.7 cm³/mol. The van der Waals surface area contributed by atoms with Crippen molar-refractivity contribution < 1.29 is 0 Å². The molecule has 0 N–H and O–H groups in total. The lowest BCUT2D eigenvalue weighted by Gasteiger charge is -2.36. The van der Waals surface area contributed by atoms with E-state index in [4.69, 9.17) is 0 Å². The molecule has 2 nitrogen and oxygen atoms in total. The largest absolute Gasteiger partial charge is 0.258 e. The van der Waals surface area contributed by atoms with Crippen LogP contribution in [-0.2, 0) is 0 Å². The van der Waals surface area contributed by atoms with Gasteiger partial charge in [0.05, 0.1) is 0 Å². The molecule has 14 heavy (non-hydrogen) atoms. The SMILES string of the molecule is C1=S=C(N2CCN(C3=S=CS3)CC2)S1. The summed E-state index contributed by atoms with van der Waals surface area (Å²) in [4.78, 5) is 5.01. The van der Waals surface area contributed by atoms with Gasteiger partial charge in [0, 0.05) is 35.6 Å². The van der Waals surface area contributed by atoms with Crippen molar-refractivity contribution in [2.45, 2.75) is 0 Å². The molecule has 76 valence electrons. The van der Waals surface area contributed by atoms with E-state index in [0.29, 0.717) is 0 Å². The molecule has 0 amide bonds. The zero-order chi connectivity index (χ0) is 9.38. The molecule has 0 aromatic heterocycles. The fourth-order valence-electron chi connectivity index (χ4n) is 1.55. The van der Waals surface area contributed by atoms with Crippen LogP contribution >= 0.6 is 45.4 Å². The first kappa shape index (κ1) is 9.74. The Kier molecular flexibility index (Phi) is 2.92. The van der Waals surface area contributed by atoms with Crippen LogP contribution < -0.4 is 0 Å². The van der Waals surface area contributed by atoms with E-state index in [0.717, 1.165) is 0 Å². The quantitative estimate of drug-likeness (QED) is 0.606. The van der Waals surface area contributed by atoms with Crippen LogP contribution in [0.1, 0.15) is 0 Å². The average molecular weight is 262 g/mol. The number of hydrogen-bond acceptors (Lipinski definition) is 4. The van der Waals surface area contributed by atoms with Gasteiger partial charge in [-0.3, -0.25) is 9.80 Å². The van der Waals surface area contributed by atoms with Crippen molar-refractivity contribution in [3.63, 3.8) is 0 Å². The van der Waals surface area contributed by atoms with Crippen LogP contribution in [0.2, 0.25) is 0 Å². The lowest BCUT2D eigenvalue weighted by atomic mass is 10.4. The molecule has 0 aliphatic carbocycles. The third-order valence-electron chi connectivity index (χ3n) is 2.39. The molecule has 0 unspecified atom stereocenters. The van der Waals surface area contributed by atoms with E-state index in [-0.39, 0.29) is 0 Å². The van der Waals surface area contributed by atoms with Crippen LogP contribution in [0.15, 0.2) is 0 Å². The predicted octanol–water partition coefficient (Wildman–Crippen LogP) is 1.26. The summed E-state index contributed by atoms with van der Waals surface area (Å²) >= 11 is 3.76. The third kappa shape index (κ3) is 1.79. The Hall–Kier alpha value is 0.540. The van der Waals surface area contributed by atoms with Gasteiger partial charge in [0.15, 0.2) is 0 Å². The molecule has 6 heteroatoms. The van der Waals surface area contributed by atoms with Crippen LogP contribution in [0.5, 0.6) is 0 Å². The molecule has 0 aromatic carbocycles. The van der Waals surface area contributed by atoms with Crippen molar-refractivity contribution >= 4 is 63.4 Å². The second kappa shape index (κ2) is 4.19. The zero-order valence-corrected chi connectivity index (χ0v) is 10.8. The molecule has 0 bridgehead atoms. The van der Waals surface area contributed by atoms with Gasteiger partial charge in [-0.1, -0.05) is 23.5 Å². The Bertz CT molecular complexity index is 344. The first-order valence-corrected chi connectivity index (χ1v) is 7.99. The standard InChI is InChI=1S/C8H10N2S4/c1-2-10(8-13-6-14-8)4-3-9(1)7-11-5-12-7/h5-6H,1-4H2. The number of hydrogen-bond donors (Lipinski definition) is 0. The molecule has 0 saturated carbocycles. The van der Waals surface area contributed by atoms with E-state index in [9.17, 15) is 0 Å². The maximum Gasteiger partial charge on any atom is 0.111 e. The number of nitrogens with zero attached hydrogens (tertiary/aromatic N) is 2. The van der Waals surface area contributed by atoms with Crippen molar-refractivity contribution in [2.24, 2.45) is 0 Å². The summed E-state index contributed by atoms with van der Waals surface area (Å²) in [6.07, 6.45) is 0. The summed E-state index contributed by atoms with van der Waals surface area (Å²) in [5, 5.41) is 0. The monoisotopic (exact) mass is 262 g/mol. The Morgan fingerprint density at radius 3 is 1.36 bits per heavy atom. The summed E-state index contributed by atoms with van der Waals surface area (Å²) in [6, 6.07) is 0. The number of piperazine rings is 1.